The molecule has 1 N–H and O–H groups in total. The normalized spacial score (nSPS) is 13.6. The van der Waals surface area contributed by atoms with Crippen molar-refractivity contribution in [1.82, 2.24) is 0 Å². The third-order valence-electron chi connectivity index (χ3n) is 10.3. The quantitative estimate of drug-likeness (QED) is 0.0213. The van der Waals surface area contributed by atoms with E-state index >= 15 is 0 Å². The van der Waals surface area contributed by atoms with Gasteiger partial charge in [0.15, 0.2) is 6.10 Å². The van der Waals surface area contributed by atoms with Crippen LogP contribution in [0.3, 0.4) is 0 Å². The van der Waals surface area contributed by atoms with Crippen LogP contribution in [0, 0.1) is 0 Å². The minimum Gasteiger partial charge on any atom is -0.462 e. The maximum atomic E-state index is 12.7. The Balaban J connectivity index is 4.25. The van der Waals surface area contributed by atoms with Crippen molar-refractivity contribution in [3.63, 3.8) is 0 Å². The summed E-state index contributed by atoms with van der Waals surface area (Å²) in [7, 11) is 1.48. The van der Waals surface area contributed by atoms with Crippen molar-refractivity contribution in [2.24, 2.45) is 0 Å². The highest BCUT2D eigenvalue weighted by atomic mass is 31.2. The Hall–Kier alpha value is -1.25. The zero-order valence-corrected chi connectivity index (χ0v) is 38.3. The number of hydrogen-bond donors (Lipinski definition) is 1. The average Bonchev–Trinajstić information content (AvgIpc) is 3.15. The van der Waals surface area contributed by atoms with Crippen LogP contribution in [0.15, 0.2) is 12.2 Å². The topological polar surface area (TPSA) is 108 Å². The molecule has 1 unspecified atom stereocenters. The molecule has 9 nitrogen and oxygen atoms in total. The fraction of sp³-hybridized carbons (Fsp3) is 0.913. The molecule has 0 bridgehead atoms. The van der Waals surface area contributed by atoms with Gasteiger partial charge >= 0.3 is 19.8 Å². The van der Waals surface area contributed by atoms with E-state index in [0.29, 0.717) is 23.9 Å². The molecule has 0 spiro atoms. The van der Waals surface area contributed by atoms with Crippen molar-refractivity contribution in [2.75, 3.05) is 47.5 Å². The Morgan fingerprint density at radius 2 is 0.911 bits per heavy atom. The highest BCUT2D eigenvalue weighted by molar-refractivity contribution is 7.47. The third kappa shape index (κ3) is 42.4. The maximum absolute atomic E-state index is 12.7. The molecule has 0 radical (unpaired) electrons. The second kappa shape index (κ2) is 39.2. The Morgan fingerprint density at radius 1 is 0.536 bits per heavy atom. The fourth-order valence-electron chi connectivity index (χ4n) is 6.60. The van der Waals surface area contributed by atoms with Gasteiger partial charge < -0.3 is 18.9 Å². The predicted molar refractivity (Wildman–Crippen MR) is 234 cm³/mol. The zero-order chi connectivity index (χ0) is 41.4. The van der Waals surface area contributed by atoms with E-state index in [1.165, 1.54) is 135 Å². The van der Waals surface area contributed by atoms with Gasteiger partial charge in [-0.15, -0.1) is 0 Å². The molecule has 332 valence electrons. The molecule has 0 saturated carbocycles. The fourth-order valence-corrected chi connectivity index (χ4v) is 7.34. The van der Waals surface area contributed by atoms with Crippen molar-refractivity contribution < 1.29 is 42.1 Å². The summed E-state index contributed by atoms with van der Waals surface area (Å²) >= 11 is 0. The van der Waals surface area contributed by atoms with E-state index in [-0.39, 0.29) is 25.6 Å². The lowest BCUT2D eigenvalue weighted by atomic mass is 10.0. The largest absolute Gasteiger partial charge is 0.472 e. The summed E-state index contributed by atoms with van der Waals surface area (Å²) in [6.07, 6.45) is 41.1. The lowest BCUT2D eigenvalue weighted by Gasteiger charge is -2.24. The van der Waals surface area contributed by atoms with E-state index in [1.807, 2.05) is 21.1 Å². The number of likely N-dealkylation sites (N-methyl/N-ethyl adjacent to an activating group) is 1. The number of phosphoric acid groups is 1. The van der Waals surface area contributed by atoms with Gasteiger partial charge in [-0.05, 0) is 38.5 Å². The number of nitrogens with zero attached hydrogens (tertiary/aromatic N) is 1. The zero-order valence-electron chi connectivity index (χ0n) is 37.4. The lowest BCUT2D eigenvalue weighted by molar-refractivity contribution is -0.870. The molecule has 0 aromatic heterocycles. The Labute approximate surface area is 346 Å². The van der Waals surface area contributed by atoms with Gasteiger partial charge in [-0.2, -0.15) is 0 Å². The lowest BCUT2D eigenvalue weighted by Crippen LogP contribution is -2.37. The van der Waals surface area contributed by atoms with Crippen LogP contribution >= 0.6 is 7.82 Å². The van der Waals surface area contributed by atoms with E-state index < -0.39 is 26.5 Å². The molecule has 56 heavy (non-hydrogen) atoms. The Morgan fingerprint density at radius 3 is 1.34 bits per heavy atom. The first-order valence-corrected chi connectivity index (χ1v) is 24.9. The number of carbonyl (C=O) groups excluding carboxylic acids is 2. The number of hydrogen-bond acceptors (Lipinski definition) is 7. The van der Waals surface area contributed by atoms with Crippen molar-refractivity contribution >= 4 is 19.8 Å². The van der Waals surface area contributed by atoms with Crippen LogP contribution in [-0.2, 0) is 32.7 Å². The Kier molecular flexibility index (Phi) is 38.3. The van der Waals surface area contributed by atoms with Crippen LogP contribution in [0.4, 0.5) is 0 Å². The van der Waals surface area contributed by atoms with Crippen LogP contribution in [0.25, 0.3) is 0 Å². The number of carbonyl (C=O) groups is 2. The number of esters is 2. The summed E-state index contributed by atoms with van der Waals surface area (Å²) in [5.41, 5.74) is 0. The number of ether oxygens (including phenoxy) is 2. The molecular formula is C46H91NO8P+. The first kappa shape index (κ1) is 54.8. The average molecular weight is 817 g/mol. The molecule has 0 aliphatic heterocycles. The van der Waals surface area contributed by atoms with E-state index in [0.717, 1.165) is 51.4 Å². The highest BCUT2D eigenvalue weighted by Gasteiger charge is 2.27. The molecule has 0 aliphatic carbocycles. The minimum absolute atomic E-state index is 0.0332. The van der Waals surface area contributed by atoms with Crippen LogP contribution < -0.4 is 0 Å². The maximum Gasteiger partial charge on any atom is 0.472 e. The van der Waals surface area contributed by atoms with Crippen molar-refractivity contribution in [1.29, 1.82) is 0 Å². The molecule has 0 saturated heterocycles. The van der Waals surface area contributed by atoms with Gasteiger partial charge in [-0.1, -0.05) is 180 Å². The molecule has 0 fully saturated rings. The van der Waals surface area contributed by atoms with Gasteiger partial charge in [-0.3, -0.25) is 18.6 Å². The summed E-state index contributed by atoms with van der Waals surface area (Å²) in [5.74, 6) is -0.797. The van der Waals surface area contributed by atoms with E-state index in [9.17, 15) is 19.0 Å². The number of quaternary nitrogens is 1. The highest BCUT2D eigenvalue weighted by Crippen LogP contribution is 2.43. The molecule has 10 heteroatoms. The van der Waals surface area contributed by atoms with Gasteiger partial charge in [-0.25, -0.2) is 4.57 Å². The standard InChI is InChI=1S/C46H90NO8P/c1-6-8-10-12-14-16-18-20-21-22-23-24-25-27-28-30-32-34-36-38-45(48)52-42-44(43-54-56(50,51)53-41-40-47(3,4)5)55-46(49)39-37-35-33-31-29-26-19-17-15-13-11-9-7-2/h17,19,44H,6-16,18,20-43H2,1-5H3/p+1/b19-17-/t44-/m1/s1. The summed E-state index contributed by atoms with van der Waals surface area (Å²) in [5, 5.41) is 0. The molecule has 0 rings (SSSR count). The van der Waals surface area contributed by atoms with E-state index in [1.54, 1.807) is 0 Å². The summed E-state index contributed by atoms with van der Waals surface area (Å²) in [6, 6.07) is 0. The SMILES string of the molecule is CCCCCC/C=C\CCCCCCCC(=O)O[C@H](COC(=O)CCCCCCCCCCCCCCCCCCCCC)COP(=O)(O)OCC[N+](C)(C)C. The monoisotopic (exact) mass is 817 g/mol. The number of phosphoric ester groups is 1. The van der Waals surface area contributed by atoms with Crippen molar-refractivity contribution in [3.05, 3.63) is 12.2 Å². The van der Waals surface area contributed by atoms with Gasteiger partial charge in [0.2, 0.25) is 0 Å². The number of rotatable bonds is 43. The molecule has 0 aliphatic rings. The Bertz CT molecular complexity index is 969. The van der Waals surface area contributed by atoms with E-state index in [2.05, 4.69) is 26.0 Å². The van der Waals surface area contributed by atoms with Crippen LogP contribution in [0.1, 0.15) is 219 Å². The first-order chi connectivity index (χ1) is 27.0. The van der Waals surface area contributed by atoms with Gasteiger partial charge in [0.05, 0.1) is 27.7 Å². The summed E-state index contributed by atoms with van der Waals surface area (Å²) < 4.78 is 34.3. The predicted octanol–water partition coefficient (Wildman–Crippen LogP) is 13.4. The number of allylic oxidation sites excluding steroid dienone is 2. The molecule has 0 aromatic carbocycles. The van der Waals surface area contributed by atoms with Crippen LogP contribution in [-0.4, -0.2) is 74.9 Å². The molecule has 0 amide bonds. The van der Waals surface area contributed by atoms with Gasteiger partial charge in [0.25, 0.3) is 0 Å². The van der Waals surface area contributed by atoms with Crippen molar-refractivity contribution in [2.45, 2.75) is 225 Å². The van der Waals surface area contributed by atoms with Crippen LogP contribution in [0.5, 0.6) is 0 Å². The second-order valence-electron chi connectivity index (χ2n) is 17.1. The minimum atomic E-state index is -4.37. The summed E-state index contributed by atoms with van der Waals surface area (Å²) in [4.78, 5) is 35.4. The van der Waals surface area contributed by atoms with E-state index in [4.69, 9.17) is 18.5 Å². The van der Waals surface area contributed by atoms with Gasteiger partial charge in [0.1, 0.15) is 19.8 Å². The number of unbranched alkanes of at least 4 members (excludes halogenated alkanes) is 27. The molecule has 0 heterocycles. The second-order valence-corrected chi connectivity index (χ2v) is 18.6. The summed E-state index contributed by atoms with van der Waals surface area (Å²) in [6.45, 7) is 4.43. The smallest absolute Gasteiger partial charge is 0.462 e. The molecule has 2 atom stereocenters. The van der Waals surface area contributed by atoms with Crippen molar-refractivity contribution in [3.8, 4) is 0 Å². The van der Waals surface area contributed by atoms with Gasteiger partial charge in [0, 0.05) is 12.8 Å². The third-order valence-corrected chi connectivity index (χ3v) is 11.3. The molecule has 0 aromatic rings. The molecular weight excluding hydrogens is 725 g/mol. The van der Waals surface area contributed by atoms with Crippen LogP contribution in [0.2, 0.25) is 0 Å². The first-order valence-electron chi connectivity index (χ1n) is 23.4.